The first kappa shape index (κ1) is 14.1. The summed E-state index contributed by atoms with van der Waals surface area (Å²) in [6, 6.07) is -1.47. The van der Waals surface area contributed by atoms with Gasteiger partial charge in [-0.1, -0.05) is 0 Å². The number of amides is 2. The van der Waals surface area contributed by atoms with E-state index in [2.05, 4.69) is 0 Å². The third-order valence-electron chi connectivity index (χ3n) is 3.77. The normalized spacial score (nSPS) is 26.4. The molecule has 7 heteroatoms. The van der Waals surface area contributed by atoms with Gasteiger partial charge in [0, 0.05) is 25.6 Å². The summed E-state index contributed by atoms with van der Waals surface area (Å²) in [5, 5.41) is 0. The molecule has 0 spiro atoms. The van der Waals surface area contributed by atoms with E-state index in [0.717, 1.165) is 6.42 Å². The quantitative estimate of drug-likeness (QED) is 0.769. The van der Waals surface area contributed by atoms with Crippen molar-refractivity contribution in [2.24, 2.45) is 0 Å². The molecule has 2 unspecified atom stereocenters. The number of nitrogens with zero attached hydrogens (tertiary/aromatic N) is 2. The Bertz CT molecular complexity index is 384. The molecule has 2 atom stereocenters. The number of alkyl halides is 3. The number of fused-ring (bicyclic) bond motifs is 1. The van der Waals surface area contributed by atoms with Crippen molar-refractivity contribution >= 4 is 11.8 Å². The van der Waals surface area contributed by atoms with Crippen molar-refractivity contribution in [2.75, 3.05) is 13.1 Å². The summed E-state index contributed by atoms with van der Waals surface area (Å²) in [7, 11) is 0. The van der Waals surface area contributed by atoms with E-state index in [0.29, 0.717) is 13.0 Å². The zero-order chi connectivity index (χ0) is 14.2. The monoisotopic (exact) mass is 278 g/mol. The number of rotatable bonds is 2. The van der Waals surface area contributed by atoms with Crippen molar-refractivity contribution in [3.8, 4) is 0 Å². The molecular weight excluding hydrogens is 261 g/mol. The minimum atomic E-state index is -4.30. The van der Waals surface area contributed by atoms with E-state index in [1.54, 1.807) is 0 Å². The second-order valence-corrected chi connectivity index (χ2v) is 5.20. The Kier molecular flexibility index (Phi) is 3.73. The Balaban J connectivity index is 2.13. The minimum absolute atomic E-state index is 0.0852. The van der Waals surface area contributed by atoms with Gasteiger partial charge in [-0.25, -0.2) is 0 Å². The molecule has 0 saturated carbocycles. The van der Waals surface area contributed by atoms with Gasteiger partial charge in [-0.05, 0) is 19.8 Å². The Morgan fingerprint density at radius 3 is 2.63 bits per heavy atom. The summed E-state index contributed by atoms with van der Waals surface area (Å²) >= 11 is 0. The third kappa shape index (κ3) is 3.01. The van der Waals surface area contributed by atoms with Crippen LogP contribution < -0.4 is 0 Å². The second kappa shape index (κ2) is 5.02. The number of carbonyl (C=O) groups is 2. The van der Waals surface area contributed by atoms with E-state index in [1.165, 1.54) is 16.7 Å². The van der Waals surface area contributed by atoms with E-state index in [4.69, 9.17) is 0 Å². The fourth-order valence-corrected chi connectivity index (χ4v) is 2.87. The van der Waals surface area contributed by atoms with E-state index in [1.807, 2.05) is 0 Å². The van der Waals surface area contributed by atoms with Crippen LogP contribution in [0.15, 0.2) is 0 Å². The van der Waals surface area contributed by atoms with Gasteiger partial charge in [-0.2, -0.15) is 13.2 Å². The number of hydrogen-bond donors (Lipinski definition) is 0. The summed E-state index contributed by atoms with van der Waals surface area (Å²) in [5.41, 5.74) is 0. The maximum absolute atomic E-state index is 12.4. The topological polar surface area (TPSA) is 40.6 Å². The van der Waals surface area contributed by atoms with Gasteiger partial charge >= 0.3 is 6.18 Å². The van der Waals surface area contributed by atoms with Crippen LogP contribution >= 0.6 is 0 Å². The lowest BCUT2D eigenvalue weighted by molar-refractivity contribution is -0.154. The molecule has 108 valence electrons. The summed E-state index contributed by atoms with van der Waals surface area (Å²) < 4.78 is 37.3. The fourth-order valence-electron chi connectivity index (χ4n) is 2.87. The SMILES string of the molecule is CC(CC(F)(F)F)N1CCC(=O)N2CCCC2C1=O. The molecule has 0 aromatic carbocycles. The first-order chi connectivity index (χ1) is 8.79. The van der Waals surface area contributed by atoms with Crippen molar-refractivity contribution in [3.05, 3.63) is 0 Å². The van der Waals surface area contributed by atoms with Crippen molar-refractivity contribution in [1.82, 2.24) is 9.80 Å². The maximum atomic E-state index is 12.4. The minimum Gasteiger partial charge on any atom is -0.337 e. The van der Waals surface area contributed by atoms with Gasteiger partial charge in [0.05, 0.1) is 6.42 Å². The van der Waals surface area contributed by atoms with Gasteiger partial charge in [-0.3, -0.25) is 9.59 Å². The van der Waals surface area contributed by atoms with Gasteiger partial charge in [0.2, 0.25) is 11.8 Å². The summed E-state index contributed by atoms with van der Waals surface area (Å²) in [6.45, 7) is 2.01. The molecule has 0 radical (unpaired) electrons. The molecule has 4 nitrogen and oxygen atoms in total. The highest BCUT2D eigenvalue weighted by Crippen LogP contribution is 2.28. The van der Waals surface area contributed by atoms with Crippen molar-refractivity contribution in [2.45, 2.75) is 50.9 Å². The largest absolute Gasteiger partial charge is 0.391 e. The standard InChI is InChI=1S/C12H17F3N2O2/c1-8(7-12(13,14)15)16-6-4-10(18)17-5-2-3-9(17)11(16)19/h8-9H,2-7H2,1H3. The van der Waals surface area contributed by atoms with Crippen LogP contribution in [0.2, 0.25) is 0 Å². The van der Waals surface area contributed by atoms with E-state index in [9.17, 15) is 22.8 Å². The van der Waals surface area contributed by atoms with Gasteiger partial charge < -0.3 is 9.80 Å². The van der Waals surface area contributed by atoms with Gasteiger partial charge in [0.25, 0.3) is 0 Å². The zero-order valence-electron chi connectivity index (χ0n) is 10.7. The molecular formula is C12H17F3N2O2. The summed E-state index contributed by atoms with van der Waals surface area (Å²) in [6.07, 6.45) is -3.92. The first-order valence-electron chi connectivity index (χ1n) is 6.46. The van der Waals surface area contributed by atoms with Crippen LogP contribution in [-0.4, -0.2) is 53.0 Å². The smallest absolute Gasteiger partial charge is 0.337 e. The van der Waals surface area contributed by atoms with Gasteiger partial charge in [-0.15, -0.1) is 0 Å². The molecule has 2 saturated heterocycles. The fraction of sp³-hybridized carbons (Fsp3) is 0.833. The molecule has 2 heterocycles. The molecule has 0 bridgehead atoms. The predicted octanol–water partition coefficient (Wildman–Crippen LogP) is 1.55. The average Bonchev–Trinajstić information content (AvgIpc) is 2.70. The number of hydrogen-bond acceptors (Lipinski definition) is 2. The molecule has 2 aliphatic heterocycles. The first-order valence-corrected chi connectivity index (χ1v) is 6.46. The number of carbonyl (C=O) groups excluding carboxylic acids is 2. The van der Waals surface area contributed by atoms with Crippen LogP contribution in [-0.2, 0) is 9.59 Å². The molecule has 2 fully saturated rings. The molecule has 0 aliphatic carbocycles. The van der Waals surface area contributed by atoms with Crippen LogP contribution in [0.1, 0.15) is 32.6 Å². The maximum Gasteiger partial charge on any atom is 0.391 e. The number of halogens is 3. The molecule has 0 N–H and O–H groups in total. The van der Waals surface area contributed by atoms with Crippen LogP contribution in [0.4, 0.5) is 13.2 Å². The van der Waals surface area contributed by atoms with Crippen molar-refractivity contribution in [1.29, 1.82) is 0 Å². The van der Waals surface area contributed by atoms with E-state index < -0.39 is 24.7 Å². The molecule has 0 aromatic rings. The molecule has 19 heavy (non-hydrogen) atoms. The summed E-state index contributed by atoms with van der Waals surface area (Å²) in [4.78, 5) is 26.8. The van der Waals surface area contributed by atoms with E-state index in [-0.39, 0.29) is 24.8 Å². The summed E-state index contributed by atoms with van der Waals surface area (Å²) in [5.74, 6) is -0.461. The predicted molar refractivity (Wildman–Crippen MR) is 61.2 cm³/mol. The Hall–Kier alpha value is -1.27. The molecule has 2 aliphatic rings. The molecule has 2 amide bonds. The highest BCUT2D eigenvalue weighted by molar-refractivity contribution is 5.90. The second-order valence-electron chi connectivity index (χ2n) is 5.20. The lowest BCUT2D eigenvalue weighted by Crippen LogP contribution is -2.47. The van der Waals surface area contributed by atoms with Crippen LogP contribution in [0, 0.1) is 0 Å². The van der Waals surface area contributed by atoms with Gasteiger partial charge in [0.1, 0.15) is 6.04 Å². The van der Waals surface area contributed by atoms with Crippen LogP contribution in [0.25, 0.3) is 0 Å². The molecule has 0 aromatic heterocycles. The lowest BCUT2D eigenvalue weighted by Gasteiger charge is -2.30. The zero-order valence-corrected chi connectivity index (χ0v) is 10.7. The average molecular weight is 278 g/mol. The molecule has 2 rings (SSSR count). The highest BCUT2D eigenvalue weighted by Gasteiger charge is 2.42. The van der Waals surface area contributed by atoms with Crippen molar-refractivity contribution in [3.63, 3.8) is 0 Å². The van der Waals surface area contributed by atoms with Gasteiger partial charge in [0.15, 0.2) is 0 Å². The Labute approximate surface area is 109 Å². The lowest BCUT2D eigenvalue weighted by atomic mass is 10.1. The Morgan fingerprint density at radius 2 is 2.00 bits per heavy atom. The van der Waals surface area contributed by atoms with Crippen molar-refractivity contribution < 1.29 is 22.8 Å². The Morgan fingerprint density at radius 1 is 1.32 bits per heavy atom. The van der Waals surface area contributed by atoms with Crippen LogP contribution in [0.5, 0.6) is 0 Å². The third-order valence-corrected chi connectivity index (χ3v) is 3.77. The highest BCUT2D eigenvalue weighted by atomic mass is 19.4. The van der Waals surface area contributed by atoms with E-state index >= 15 is 0 Å². The van der Waals surface area contributed by atoms with Crippen LogP contribution in [0.3, 0.4) is 0 Å².